The van der Waals surface area contributed by atoms with Crippen LogP contribution < -0.4 is 10.6 Å². The van der Waals surface area contributed by atoms with Crippen molar-refractivity contribution in [2.75, 3.05) is 25.0 Å². The van der Waals surface area contributed by atoms with Gasteiger partial charge < -0.3 is 15.5 Å². The molecule has 128 valence electrons. The van der Waals surface area contributed by atoms with Crippen LogP contribution in [-0.2, 0) is 11.8 Å². The SMILES string of the molecule is CCNC(=O)C1CCN(C(=O)Nc2cn(C)nc2C(F)F)CC1. The Bertz CT molecular complexity index is 568. The first-order valence-corrected chi connectivity index (χ1v) is 7.57. The van der Waals surface area contributed by atoms with Crippen molar-refractivity contribution in [1.29, 1.82) is 0 Å². The Morgan fingerprint density at radius 1 is 1.39 bits per heavy atom. The van der Waals surface area contributed by atoms with Crippen molar-refractivity contribution < 1.29 is 18.4 Å². The highest BCUT2D eigenvalue weighted by molar-refractivity contribution is 5.90. The van der Waals surface area contributed by atoms with Crippen LogP contribution in [0.1, 0.15) is 31.9 Å². The molecule has 1 aliphatic heterocycles. The van der Waals surface area contributed by atoms with Crippen molar-refractivity contribution in [3.63, 3.8) is 0 Å². The molecule has 1 aromatic heterocycles. The molecule has 0 saturated carbocycles. The number of hydrogen-bond donors (Lipinski definition) is 2. The van der Waals surface area contributed by atoms with Gasteiger partial charge in [-0.2, -0.15) is 5.10 Å². The molecule has 0 aliphatic carbocycles. The summed E-state index contributed by atoms with van der Waals surface area (Å²) in [5, 5.41) is 8.89. The number of piperidine rings is 1. The first-order valence-electron chi connectivity index (χ1n) is 7.57. The summed E-state index contributed by atoms with van der Waals surface area (Å²) in [6.45, 7) is 3.27. The van der Waals surface area contributed by atoms with Crippen LogP contribution in [0, 0.1) is 5.92 Å². The van der Waals surface area contributed by atoms with Crippen LogP contribution in [0.15, 0.2) is 6.20 Å². The molecule has 23 heavy (non-hydrogen) atoms. The molecule has 0 aromatic carbocycles. The van der Waals surface area contributed by atoms with Crippen LogP contribution in [0.5, 0.6) is 0 Å². The summed E-state index contributed by atoms with van der Waals surface area (Å²) >= 11 is 0. The van der Waals surface area contributed by atoms with E-state index in [-0.39, 0.29) is 17.5 Å². The molecule has 2 N–H and O–H groups in total. The van der Waals surface area contributed by atoms with Gasteiger partial charge in [-0.3, -0.25) is 9.48 Å². The van der Waals surface area contributed by atoms with Crippen LogP contribution in [0.25, 0.3) is 0 Å². The summed E-state index contributed by atoms with van der Waals surface area (Å²) in [7, 11) is 1.51. The number of nitrogens with one attached hydrogen (secondary N) is 2. The Balaban J connectivity index is 1.92. The van der Waals surface area contributed by atoms with E-state index >= 15 is 0 Å². The Labute approximate surface area is 133 Å². The van der Waals surface area contributed by atoms with Gasteiger partial charge in [0.25, 0.3) is 6.43 Å². The number of aromatic nitrogens is 2. The Morgan fingerprint density at radius 2 is 2.04 bits per heavy atom. The minimum atomic E-state index is -2.75. The Morgan fingerprint density at radius 3 is 2.61 bits per heavy atom. The highest BCUT2D eigenvalue weighted by Gasteiger charge is 2.28. The van der Waals surface area contributed by atoms with Gasteiger partial charge in [0.05, 0.1) is 5.69 Å². The van der Waals surface area contributed by atoms with E-state index in [4.69, 9.17) is 0 Å². The molecule has 0 unspecified atom stereocenters. The van der Waals surface area contributed by atoms with Gasteiger partial charge in [-0.15, -0.1) is 0 Å². The topological polar surface area (TPSA) is 79.3 Å². The van der Waals surface area contributed by atoms with Crippen molar-refractivity contribution in [2.45, 2.75) is 26.2 Å². The maximum absolute atomic E-state index is 12.9. The van der Waals surface area contributed by atoms with Crippen LogP contribution >= 0.6 is 0 Å². The Kier molecular flexibility index (Phi) is 5.51. The first kappa shape index (κ1) is 17.2. The number of urea groups is 1. The van der Waals surface area contributed by atoms with Gasteiger partial charge in [0.2, 0.25) is 5.91 Å². The predicted octanol–water partition coefficient (Wildman–Crippen LogP) is 1.74. The number of nitrogens with zero attached hydrogens (tertiary/aromatic N) is 3. The number of halogens is 2. The molecule has 9 heteroatoms. The van der Waals surface area contributed by atoms with E-state index in [2.05, 4.69) is 15.7 Å². The lowest BCUT2D eigenvalue weighted by Gasteiger charge is -2.31. The fourth-order valence-electron chi connectivity index (χ4n) is 2.62. The molecular weight excluding hydrogens is 308 g/mol. The normalized spacial score (nSPS) is 15.8. The molecule has 7 nitrogen and oxygen atoms in total. The zero-order valence-corrected chi connectivity index (χ0v) is 13.2. The number of amides is 3. The molecule has 3 amide bonds. The number of alkyl halides is 2. The summed E-state index contributed by atoms with van der Waals surface area (Å²) in [5.74, 6) is -0.103. The molecule has 2 heterocycles. The highest BCUT2D eigenvalue weighted by Crippen LogP contribution is 2.26. The third kappa shape index (κ3) is 4.17. The van der Waals surface area contributed by atoms with E-state index in [9.17, 15) is 18.4 Å². The minimum absolute atomic E-state index is 0.000181. The number of carbonyl (C=O) groups is 2. The van der Waals surface area contributed by atoms with E-state index in [0.717, 1.165) is 0 Å². The summed E-state index contributed by atoms with van der Waals surface area (Å²) in [6, 6.07) is -0.450. The van der Waals surface area contributed by atoms with E-state index in [0.29, 0.717) is 32.5 Å². The fraction of sp³-hybridized carbons (Fsp3) is 0.643. The maximum Gasteiger partial charge on any atom is 0.321 e. The Hall–Kier alpha value is -2.19. The van der Waals surface area contributed by atoms with Crippen molar-refractivity contribution >= 4 is 17.6 Å². The smallest absolute Gasteiger partial charge is 0.321 e. The largest absolute Gasteiger partial charge is 0.356 e. The first-order chi connectivity index (χ1) is 10.9. The lowest BCUT2D eigenvalue weighted by atomic mass is 9.96. The summed E-state index contributed by atoms with van der Waals surface area (Å²) in [5.41, 5.74) is -0.434. The van der Waals surface area contributed by atoms with Gasteiger partial charge in [-0.25, -0.2) is 13.6 Å². The fourth-order valence-corrected chi connectivity index (χ4v) is 2.62. The lowest BCUT2D eigenvalue weighted by molar-refractivity contribution is -0.126. The zero-order valence-electron chi connectivity index (χ0n) is 13.2. The van der Waals surface area contributed by atoms with Gasteiger partial charge in [-0.1, -0.05) is 0 Å². The van der Waals surface area contributed by atoms with Crippen molar-refractivity contribution in [3.05, 3.63) is 11.9 Å². The van der Waals surface area contributed by atoms with Crippen LogP contribution in [0.2, 0.25) is 0 Å². The number of anilines is 1. The third-order valence-corrected chi connectivity index (χ3v) is 3.81. The van der Waals surface area contributed by atoms with Crippen molar-refractivity contribution in [1.82, 2.24) is 20.0 Å². The van der Waals surface area contributed by atoms with Crippen LogP contribution in [0.4, 0.5) is 19.3 Å². The second-order valence-electron chi connectivity index (χ2n) is 5.49. The van der Waals surface area contributed by atoms with Gasteiger partial charge in [0.15, 0.2) is 5.69 Å². The summed E-state index contributed by atoms with van der Waals surface area (Å²) in [4.78, 5) is 25.5. The molecule has 1 fully saturated rings. The predicted molar refractivity (Wildman–Crippen MR) is 80.2 cm³/mol. The zero-order chi connectivity index (χ0) is 17.0. The molecule has 0 radical (unpaired) electrons. The molecule has 1 saturated heterocycles. The van der Waals surface area contributed by atoms with E-state index in [1.54, 1.807) is 0 Å². The average molecular weight is 329 g/mol. The van der Waals surface area contributed by atoms with E-state index < -0.39 is 18.2 Å². The standard InChI is InChI=1S/C14H21F2N5O2/c1-3-17-13(22)9-4-6-21(7-5-9)14(23)18-10-8-20(2)19-11(10)12(15)16/h8-9,12H,3-7H2,1-2H3,(H,17,22)(H,18,23). The molecule has 2 rings (SSSR count). The summed E-state index contributed by atoms with van der Waals surface area (Å²) < 4.78 is 27.0. The van der Waals surface area contributed by atoms with Gasteiger partial charge in [0.1, 0.15) is 0 Å². The van der Waals surface area contributed by atoms with Gasteiger partial charge in [-0.05, 0) is 19.8 Å². The molecule has 1 aliphatic rings. The number of likely N-dealkylation sites (tertiary alicyclic amines) is 1. The number of rotatable bonds is 4. The molecular formula is C14H21F2N5O2. The van der Waals surface area contributed by atoms with Gasteiger partial charge >= 0.3 is 6.03 Å². The maximum atomic E-state index is 12.9. The van der Waals surface area contributed by atoms with Crippen molar-refractivity contribution in [3.8, 4) is 0 Å². The van der Waals surface area contributed by atoms with Crippen molar-refractivity contribution in [2.24, 2.45) is 13.0 Å². The number of aryl methyl sites for hydroxylation is 1. The molecule has 0 spiro atoms. The van der Waals surface area contributed by atoms with E-state index in [1.807, 2.05) is 6.92 Å². The quantitative estimate of drug-likeness (QED) is 0.883. The third-order valence-electron chi connectivity index (χ3n) is 3.81. The van der Waals surface area contributed by atoms with Crippen LogP contribution in [-0.4, -0.2) is 46.3 Å². The summed E-state index contributed by atoms with van der Waals surface area (Å²) in [6.07, 6.45) is -0.280. The average Bonchev–Trinajstić information content (AvgIpc) is 2.88. The lowest BCUT2D eigenvalue weighted by Crippen LogP contribution is -2.44. The highest BCUT2D eigenvalue weighted by atomic mass is 19.3. The second-order valence-corrected chi connectivity index (χ2v) is 5.49. The second kappa shape index (κ2) is 7.38. The molecule has 0 atom stereocenters. The number of carbonyl (C=O) groups excluding carboxylic acids is 2. The van der Waals surface area contributed by atoms with Crippen LogP contribution in [0.3, 0.4) is 0 Å². The van der Waals surface area contributed by atoms with E-state index in [1.165, 1.54) is 22.8 Å². The van der Waals surface area contributed by atoms with Gasteiger partial charge in [0, 0.05) is 38.8 Å². The minimum Gasteiger partial charge on any atom is -0.356 e. The molecule has 1 aromatic rings. The monoisotopic (exact) mass is 329 g/mol. The number of hydrogen-bond acceptors (Lipinski definition) is 3. The molecule has 0 bridgehead atoms.